The Morgan fingerprint density at radius 2 is 1.88 bits per heavy atom. The SMILES string of the molecule is FC1(F)CCC(C=Cc2nc3ccc(-c4ccccc4Cl)cc3[nH]2)CC1. The molecule has 0 aliphatic heterocycles. The summed E-state index contributed by atoms with van der Waals surface area (Å²) in [5, 5.41) is 0.709. The van der Waals surface area contributed by atoms with Crippen LogP contribution in [0.5, 0.6) is 0 Å². The van der Waals surface area contributed by atoms with Gasteiger partial charge in [-0.25, -0.2) is 13.8 Å². The highest BCUT2D eigenvalue weighted by molar-refractivity contribution is 6.33. The molecular weight excluding hydrogens is 354 g/mol. The molecule has 0 bridgehead atoms. The van der Waals surface area contributed by atoms with Crippen molar-refractivity contribution in [3.8, 4) is 11.1 Å². The summed E-state index contributed by atoms with van der Waals surface area (Å²) in [6, 6.07) is 13.7. The maximum absolute atomic E-state index is 13.2. The first-order valence-electron chi connectivity index (χ1n) is 8.81. The van der Waals surface area contributed by atoms with E-state index in [4.69, 9.17) is 11.6 Å². The van der Waals surface area contributed by atoms with Crippen LogP contribution in [0.1, 0.15) is 31.5 Å². The zero-order valence-corrected chi connectivity index (χ0v) is 14.9. The molecule has 26 heavy (non-hydrogen) atoms. The van der Waals surface area contributed by atoms with Crippen LogP contribution in [0.3, 0.4) is 0 Å². The van der Waals surface area contributed by atoms with E-state index in [0.29, 0.717) is 17.9 Å². The molecular formula is C21H19ClF2N2. The molecule has 1 aliphatic rings. The first-order chi connectivity index (χ1) is 12.5. The van der Waals surface area contributed by atoms with E-state index in [2.05, 4.69) is 9.97 Å². The predicted octanol–water partition coefficient (Wildman–Crippen LogP) is 6.72. The topological polar surface area (TPSA) is 28.7 Å². The zero-order valence-electron chi connectivity index (χ0n) is 14.2. The number of benzene rings is 2. The quantitative estimate of drug-likeness (QED) is 0.543. The molecule has 1 heterocycles. The Kier molecular flexibility index (Phi) is 4.53. The monoisotopic (exact) mass is 372 g/mol. The molecule has 1 fully saturated rings. The first-order valence-corrected chi connectivity index (χ1v) is 9.19. The van der Waals surface area contributed by atoms with Gasteiger partial charge in [0.05, 0.1) is 11.0 Å². The second-order valence-electron chi connectivity index (χ2n) is 6.89. The van der Waals surface area contributed by atoms with Crippen LogP contribution in [0.2, 0.25) is 5.02 Å². The number of alkyl halides is 2. The van der Waals surface area contributed by atoms with Gasteiger partial charge < -0.3 is 4.98 Å². The van der Waals surface area contributed by atoms with Gasteiger partial charge in [-0.1, -0.05) is 41.9 Å². The van der Waals surface area contributed by atoms with E-state index in [1.54, 1.807) is 0 Å². The minimum Gasteiger partial charge on any atom is -0.338 e. The summed E-state index contributed by atoms with van der Waals surface area (Å²) in [7, 11) is 0. The number of aromatic nitrogens is 2. The van der Waals surface area contributed by atoms with Crippen molar-refractivity contribution in [3.05, 3.63) is 59.4 Å². The smallest absolute Gasteiger partial charge is 0.248 e. The van der Waals surface area contributed by atoms with Crippen LogP contribution >= 0.6 is 11.6 Å². The molecule has 0 spiro atoms. The lowest BCUT2D eigenvalue weighted by atomic mass is 9.86. The van der Waals surface area contributed by atoms with Crippen LogP contribution in [0, 0.1) is 5.92 Å². The molecule has 2 aromatic carbocycles. The minimum absolute atomic E-state index is 0.0245. The van der Waals surface area contributed by atoms with Gasteiger partial charge in [0.15, 0.2) is 0 Å². The number of fused-ring (bicyclic) bond motifs is 1. The highest BCUT2D eigenvalue weighted by Crippen LogP contribution is 2.37. The molecule has 4 rings (SSSR count). The summed E-state index contributed by atoms with van der Waals surface area (Å²) in [6.45, 7) is 0. The van der Waals surface area contributed by atoms with Gasteiger partial charge in [-0.2, -0.15) is 0 Å². The molecule has 0 radical (unpaired) electrons. The third-order valence-electron chi connectivity index (χ3n) is 4.97. The number of allylic oxidation sites excluding steroid dienone is 1. The van der Waals surface area contributed by atoms with Crippen molar-refractivity contribution < 1.29 is 8.78 Å². The molecule has 0 saturated heterocycles. The third-order valence-corrected chi connectivity index (χ3v) is 5.30. The van der Waals surface area contributed by atoms with E-state index in [1.165, 1.54) is 0 Å². The largest absolute Gasteiger partial charge is 0.338 e. The summed E-state index contributed by atoms with van der Waals surface area (Å²) >= 11 is 6.28. The number of hydrogen-bond acceptors (Lipinski definition) is 1. The van der Waals surface area contributed by atoms with Crippen molar-refractivity contribution in [3.63, 3.8) is 0 Å². The first kappa shape index (κ1) is 17.2. The van der Waals surface area contributed by atoms with Crippen LogP contribution in [0.25, 0.3) is 28.2 Å². The molecule has 0 amide bonds. The average Bonchev–Trinajstić information content (AvgIpc) is 3.03. The summed E-state index contributed by atoms with van der Waals surface area (Å²) in [4.78, 5) is 7.85. The molecule has 2 nitrogen and oxygen atoms in total. The summed E-state index contributed by atoms with van der Waals surface area (Å²) < 4.78 is 26.5. The summed E-state index contributed by atoms with van der Waals surface area (Å²) in [5.74, 6) is -1.55. The lowest BCUT2D eigenvalue weighted by Crippen LogP contribution is -2.23. The Morgan fingerprint density at radius 1 is 1.12 bits per heavy atom. The van der Waals surface area contributed by atoms with Crippen molar-refractivity contribution in [2.75, 3.05) is 0 Å². The van der Waals surface area contributed by atoms with Crippen molar-refractivity contribution in [2.24, 2.45) is 5.92 Å². The summed E-state index contributed by atoms with van der Waals surface area (Å²) in [5.41, 5.74) is 3.80. The molecule has 0 unspecified atom stereocenters. The molecule has 1 saturated carbocycles. The number of nitrogens with one attached hydrogen (secondary N) is 1. The fourth-order valence-electron chi connectivity index (χ4n) is 3.45. The maximum Gasteiger partial charge on any atom is 0.248 e. The van der Waals surface area contributed by atoms with Gasteiger partial charge in [0.25, 0.3) is 0 Å². The Labute approximate surface area is 155 Å². The van der Waals surface area contributed by atoms with Gasteiger partial charge in [0.1, 0.15) is 5.82 Å². The zero-order chi connectivity index (χ0) is 18.1. The average molecular weight is 373 g/mol. The predicted molar refractivity (Wildman–Crippen MR) is 102 cm³/mol. The second-order valence-corrected chi connectivity index (χ2v) is 7.29. The second kappa shape index (κ2) is 6.84. The maximum atomic E-state index is 13.2. The molecule has 1 N–H and O–H groups in total. The van der Waals surface area contributed by atoms with Crippen LogP contribution in [-0.4, -0.2) is 15.9 Å². The molecule has 134 valence electrons. The van der Waals surface area contributed by atoms with Gasteiger partial charge >= 0.3 is 0 Å². The van der Waals surface area contributed by atoms with E-state index in [-0.39, 0.29) is 18.8 Å². The van der Waals surface area contributed by atoms with Crippen molar-refractivity contribution >= 4 is 28.7 Å². The van der Waals surface area contributed by atoms with E-state index in [0.717, 1.165) is 28.0 Å². The van der Waals surface area contributed by atoms with E-state index >= 15 is 0 Å². The van der Waals surface area contributed by atoms with Gasteiger partial charge in [0.2, 0.25) is 5.92 Å². The fraction of sp³-hybridized carbons (Fsp3) is 0.286. The van der Waals surface area contributed by atoms with Crippen LogP contribution in [0.15, 0.2) is 48.5 Å². The molecule has 1 aliphatic carbocycles. The number of rotatable bonds is 3. The van der Waals surface area contributed by atoms with Gasteiger partial charge in [-0.3, -0.25) is 0 Å². The standard InChI is InChI=1S/C21H19ClF2N2/c22-17-4-2-1-3-16(17)15-6-7-18-19(13-15)26-20(25-18)8-5-14-9-11-21(23,24)12-10-14/h1-8,13-14H,9-12H2,(H,25,26). The van der Waals surface area contributed by atoms with Crippen LogP contribution < -0.4 is 0 Å². The van der Waals surface area contributed by atoms with Gasteiger partial charge in [-0.15, -0.1) is 0 Å². The van der Waals surface area contributed by atoms with E-state index < -0.39 is 5.92 Å². The Morgan fingerprint density at radius 3 is 2.65 bits per heavy atom. The Balaban J connectivity index is 1.55. The number of halogens is 3. The normalized spacial score (nSPS) is 18.0. The number of nitrogens with zero attached hydrogens (tertiary/aromatic N) is 1. The molecule has 3 aromatic rings. The van der Waals surface area contributed by atoms with Crippen LogP contribution in [-0.2, 0) is 0 Å². The van der Waals surface area contributed by atoms with Crippen molar-refractivity contribution in [2.45, 2.75) is 31.6 Å². The minimum atomic E-state index is -2.49. The molecule has 1 aromatic heterocycles. The lowest BCUT2D eigenvalue weighted by molar-refractivity contribution is -0.0410. The number of aromatic amines is 1. The molecule has 5 heteroatoms. The van der Waals surface area contributed by atoms with Crippen molar-refractivity contribution in [1.82, 2.24) is 9.97 Å². The highest BCUT2D eigenvalue weighted by Gasteiger charge is 2.33. The third kappa shape index (κ3) is 3.65. The fourth-order valence-corrected chi connectivity index (χ4v) is 3.70. The van der Waals surface area contributed by atoms with Crippen molar-refractivity contribution in [1.29, 1.82) is 0 Å². The van der Waals surface area contributed by atoms with Crippen LogP contribution in [0.4, 0.5) is 8.78 Å². The number of H-pyrrole nitrogens is 1. The van der Waals surface area contributed by atoms with E-state index in [9.17, 15) is 8.78 Å². The van der Waals surface area contributed by atoms with Gasteiger partial charge in [0, 0.05) is 23.4 Å². The molecule has 0 atom stereocenters. The van der Waals surface area contributed by atoms with Gasteiger partial charge in [-0.05, 0) is 48.6 Å². The summed E-state index contributed by atoms with van der Waals surface area (Å²) in [6.07, 6.45) is 4.92. The lowest BCUT2D eigenvalue weighted by Gasteiger charge is -2.26. The highest BCUT2D eigenvalue weighted by atomic mass is 35.5. The Hall–Kier alpha value is -2.20. The Bertz CT molecular complexity index is 952. The number of hydrogen-bond donors (Lipinski definition) is 1. The van der Waals surface area contributed by atoms with E-state index in [1.807, 2.05) is 54.6 Å². The number of imidazole rings is 1.